The molecule has 0 spiro atoms. The summed E-state index contributed by atoms with van der Waals surface area (Å²) in [6, 6.07) is 8.89. The van der Waals surface area contributed by atoms with Gasteiger partial charge < -0.3 is 5.32 Å². The van der Waals surface area contributed by atoms with Crippen molar-refractivity contribution in [2.75, 3.05) is 18.8 Å². The largest absolute Gasteiger partial charge is 0.354 e. The second-order valence-corrected chi connectivity index (χ2v) is 6.35. The van der Waals surface area contributed by atoms with Crippen molar-refractivity contribution < 1.29 is 14.4 Å². The first kappa shape index (κ1) is 16.6. The number of rotatable bonds is 7. The van der Waals surface area contributed by atoms with E-state index in [9.17, 15) is 14.4 Å². The van der Waals surface area contributed by atoms with Gasteiger partial charge in [0.05, 0.1) is 5.75 Å². The first-order valence-electron chi connectivity index (χ1n) is 6.90. The van der Waals surface area contributed by atoms with Gasteiger partial charge in [0.1, 0.15) is 4.32 Å². The van der Waals surface area contributed by atoms with Crippen LogP contribution in [0.3, 0.4) is 0 Å². The lowest BCUT2D eigenvalue weighted by atomic mass is 10.1. The molecule has 0 atom stereocenters. The lowest BCUT2D eigenvalue weighted by molar-refractivity contribution is -0.125. The molecule has 1 aromatic rings. The van der Waals surface area contributed by atoms with E-state index in [4.69, 9.17) is 12.2 Å². The maximum atomic E-state index is 11.9. The van der Waals surface area contributed by atoms with Gasteiger partial charge in [-0.15, -0.1) is 0 Å². The number of amides is 2. The molecule has 116 valence electrons. The van der Waals surface area contributed by atoms with Crippen molar-refractivity contribution in [3.63, 3.8) is 0 Å². The molecule has 2 rings (SSSR count). The van der Waals surface area contributed by atoms with E-state index in [-0.39, 0.29) is 30.4 Å². The first-order valence-corrected chi connectivity index (χ1v) is 8.29. The zero-order valence-corrected chi connectivity index (χ0v) is 13.5. The fourth-order valence-electron chi connectivity index (χ4n) is 1.99. The average molecular weight is 336 g/mol. The summed E-state index contributed by atoms with van der Waals surface area (Å²) in [4.78, 5) is 36.6. The molecule has 1 heterocycles. The van der Waals surface area contributed by atoms with E-state index >= 15 is 0 Å². The molecule has 7 heteroatoms. The number of hydrogen-bond acceptors (Lipinski definition) is 5. The highest BCUT2D eigenvalue weighted by molar-refractivity contribution is 8.23. The fraction of sp³-hybridized carbons (Fsp3) is 0.333. The van der Waals surface area contributed by atoms with Crippen molar-refractivity contribution in [1.82, 2.24) is 10.2 Å². The third kappa shape index (κ3) is 4.64. The monoisotopic (exact) mass is 336 g/mol. The van der Waals surface area contributed by atoms with Gasteiger partial charge in [0, 0.05) is 31.5 Å². The zero-order chi connectivity index (χ0) is 15.9. The van der Waals surface area contributed by atoms with Crippen LogP contribution in [0, 0.1) is 0 Å². The van der Waals surface area contributed by atoms with Crippen molar-refractivity contribution in [3.05, 3.63) is 35.9 Å². The fourth-order valence-corrected chi connectivity index (χ4v) is 3.11. The molecular weight excluding hydrogens is 320 g/mol. The van der Waals surface area contributed by atoms with Crippen LogP contribution in [0.25, 0.3) is 0 Å². The highest BCUT2D eigenvalue weighted by Crippen LogP contribution is 2.18. The summed E-state index contributed by atoms with van der Waals surface area (Å²) in [6.07, 6.45) is 0.313. The van der Waals surface area contributed by atoms with E-state index in [2.05, 4.69) is 5.32 Å². The van der Waals surface area contributed by atoms with Gasteiger partial charge in [-0.3, -0.25) is 19.3 Å². The van der Waals surface area contributed by atoms with Crippen molar-refractivity contribution in [2.45, 2.75) is 12.8 Å². The molecule has 1 saturated heterocycles. The van der Waals surface area contributed by atoms with Gasteiger partial charge in [0.25, 0.3) is 0 Å². The van der Waals surface area contributed by atoms with Gasteiger partial charge in [-0.2, -0.15) is 0 Å². The van der Waals surface area contributed by atoms with Crippen molar-refractivity contribution in [1.29, 1.82) is 0 Å². The molecule has 1 aromatic carbocycles. The Morgan fingerprint density at radius 3 is 2.59 bits per heavy atom. The highest BCUT2D eigenvalue weighted by atomic mass is 32.2. The predicted molar refractivity (Wildman–Crippen MR) is 89.8 cm³/mol. The zero-order valence-electron chi connectivity index (χ0n) is 11.9. The van der Waals surface area contributed by atoms with E-state index in [1.54, 1.807) is 24.3 Å². The normalized spacial score (nSPS) is 14.3. The number of benzene rings is 1. The molecule has 0 saturated carbocycles. The van der Waals surface area contributed by atoms with Crippen LogP contribution in [0.4, 0.5) is 0 Å². The molecule has 0 radical (unpaired) electrons. The summed E-state index contributed by atoms with van der Waals surface area (Å²) in [7, 11) is 0. The SMILES string of the molecule is O=C(CCC(=O)c1ccccc1)NCCN1C(=O)CSC1=S. The Morgan fingerprint density at radius 1 is 1.23 bits per heavy atom. The van der Waals surface area contributed by atoms with Crippen LogP contribution >= 0.6 is 24.0 Å². The van der Waals surface area contributed by atoms with Crippen LogP contribution in [-0.2, 0) is 9.59 Å². The number of carbonyl (C=O) groups is 3. The molecule has 2 amide bonds. The summed E-state index contributed by atoms with van der Waals surface area (Å²) in [5.74, 6) is 0.0966. The molecular formula is C15H16N2O3S2. The van der Waals surface area contributed by atoms with Gasteiger partial charge in [0.15, 0.2) is 5.78 Å². The Kier molecular flexibility index (Phi) is 6.09. The second kappa shape index (κ2) is 8.05. The third-order valence-electron chi connectivity index (χ3n) is 3.17. The van der Waals surface area contributed by atoms with E-state index in [1.807, 2.05) is 6.07 Å². The molecule has 0 unspecified atom stereocenters. The maximum absolute atomic E-state index is 11.9. The summed E-state index contributed by atoms with van der Waals surface area (Å²) >= 11 is 6.38. The Hall–Kier alpha value is -1.73. The lowest BCUT2D eigenvalue weighted by Gasteiger charge is -2.14. The van der Waals surface area contributed by atoms with E-state index in [0.717, 1.165) is 0 Å². The smallest absolute Gasteiger partial charge is 0.238 e. The number of carbonyl (C=O) groups excluding carboxylic acids is 3. The Balaban J connectivity index is 1.67. The average Bonchev–Trinajstić information content (AvgIpc) is 2.85. The molecule has 0 aliphatic carbocycles. The van der Waals surface area contributed by atoms with E-state index in [0.29, 0.717) is 28.7 Å². The predicted octanol–water partition coefficient (Wildman–Crippen LogP) is 1.63. The van der Waals surface area contributed by atoms with E-state index < -0.39 is 0 Å². The maximum Gasteiger partial charge on any atom is 0.238 e. The minimum Gasteiger partial charge on any atom is -0.354 e. The first-order chi connectivity index (χ1) is 10.6. The third-order valence-corrected chi connectivity index (χ3v) is 4.61. The summed E-state index contributed by atoms with van der Waals surface area (Å²) in [5, 5.41) is 2.70. The molecule has 1 N–H and O–H groups in total. The second-order valence-electron chi connectivity index (χ2n) is 4.74. The minimum absolute atomic E-state index is 0.0245. The Bertz CT molecular complexity index is 574. The highest BCUT2D eigenvalue weighted by Gasteiger charge is 2.25. The van der Waals surface area contributed by atoms with E-state index in [1.165, 1.54) is 16.7 Å². The van der Waals surface area contributed by atoms with Gasteiger partial charge in [-0.05, 0) is 0 Å². The molecule has 1 fully saturated rings. The number of Topliss-reactive ketones (excluding diaryl/α,β-unsaturated/α-hetero) is 1. The number of ketones is 1. The Labute approximate surface area is 138 Å². The van der Waals surface area contributed by atoms with Gasteiger partial charge in [0.2, 0.25) is 11.8 Å². The van der Waals surface area contributed by atoms with Crippen molar-refractivity contribution in [3.8, 4) is 0 Å². The van der Waals surface area contributed by atoms with Crippen LogP contribution in [0.2, 0.25) is 0 Å². The van der Waals surface area contributed by atoms with Crippen LogP contribution in [-0.4, -0.2) is 45.7 Å². The summed E-state index contributed by atoms with van der Waals surface area (Å²) in [6.45, 7) is 0.716. The molecule has 1 aliphatic rings. The number of nitrogens with one attached hydrogen (secondary N) is 1. The molecule has 22 heavy (non-hydrogen) atoms. The Morgan fingerprint density at radius 2 is 1.95 bits per heavy atom. The van der Waals surface area contributed by atoms with Crippen molar-refractivity contribution in [2.24, 2.45) is 0 Å². The summed E-state index contributed by atoms with van der Waals surface area (Å²) in [5.41, 5.74) is 0.611. The van der Waals surface area contributed by atoms with Gasteiger partial charge in [-0.25, -0.2) is 0 Å². The minimum atomic E-state index is -0.200. The van der Waals surface area contributed by atoms with Crippen LogP contribution in [0.15, 0.2) is 30.3 Å². The number of thiocarbonyl (C=S) groups is 1. The lowest BCUT2D eigenvalue weighted by Crippen LogP contribution is -2.37. The number of nitrogens with zero attached hydrogens (tertiary/aromatic N) is 1. The van der Waals surface area contributed by atoms with Gasteiger partial charge >= 0.3 is 0 Å². The molecule has 0 bridgehead atoms. The van der Waals surface area contributed by atoms with Crippen LogP contribution in [0.1, 0.15) is 23.2 Å². The standard InChI is InChI=1S/C15H16N2O3S2/c18-12(11-4-2-1-3-5-11)6-7-13(19)16-8-9-17-14(20)10-22-15(17)21/h1-5H,6-10H2,(H,16,19). The quantitative estimate of drug-likeness (QED) is 0.605. The molecule has 5 nitrogen and oxygen atoms in total. The van der Waals surface area contributed by atoms with Gasteiger partial charge in [-0.1, -0.05) is 54.3 Å². The van der Waals surface area contributed by atoms with Crippen LogP contribution in [0.5, 0.6) is 0 Å². The summed E-state index contributed by atoms with van der Waals surface area (Å²) < 4.78 is 0.554. The molecule has 1 aliphatic heterocycles. The number of hydrogen-bond donors (Lipinski definition) is 1. The van der Waals surface area contributed by atoms with Crippen molar-refractivity contribution >= 4 is 45.9 Å². The van der Waals surface area contributed by atoms with Crippen LogP contribution < -0.4 is 5.32 Å². The topological polar surface area (TPSA) is 66.5 Å². The number of thioether (sulfide) groups is 1. The molecule has 0 aromatic heterocycles.